The van der Waals surface area contributed by atoms with Gasteiger partial charge in [-0.2, -0.15) is 0 Å². The smallest absolute Gasteiger partial charge is 0.214 e. The molecule has 0 atom stereocenters. The molecule has 0 fully saturated rings. The SMILES string of the molecule is CC=NC(N)=NCCCCCCCCCC. The summed E-state index contributed by atoms with van der Waals surface area (Å²) >= 11 is 0. The van der Waals surface area contributed by atoms with Crippen molar-refractivity contribution in [1.29, 1.82) is 0 Å². The van der Waals surface area contributed by atoms with Gasteiger partial charge in [-0.1, -0.05) is 51.9 Å². The number of hydrogen-bond donors (Lipinski definition) is 1. The molecule has 0 amide bonds. The zero-order valence-corrected chi connectivity index (χ0v) is 10.9. The zero-order valence-electron chi connectivity index (χ0n) is 10.9. The van der Waals surface area contributed by atoms with E-state index in [1.165, 1.54) is 44.9 Å². The highest BCUT2D eigenvalue weighted by molar-refractivity contribution is 5.85. The lowest BCUT2D eigenvalue weighted by molar-refractivity contribution is 0.578. The quantitative estimate of drug-likeness (QED) is 0.364. The Morgan fingerprint density at radius 2 is 1.56 bits per heavy atom. The summed E-state index contributed by atoms with van der Waals surface area (Å²) in [6.07, 6.45) is 12.3. The van der Waals surface area contributed by atoms with E-state index in [0.717, 1.165) is 13.0 Å². The van der Waals surface area contributed by atoms with Crippen LogP contribution in [0.5, 0.6) is 0 Å². The van der Waals surface area contributed by atoms with Gasteiger partial charge in [-0.15, -0.1) is 0 Å². The van der Waals surface area contributed by atoms with Crippen LogP contribution in [0, 0.1) is 0 Å². The van der Waals surface area contributed by atoms with Gasteiger partial charge in [-0.3, -0.25) is 4.99 Å². The van der Waals surface area contributed by atoms with Crippen molar-refractivity contribution in [2.75, 3.05) is 6.54 Å². The Balaban J connectivity index is 3.18. The van der Waals surface area contributed by atoms with Crippen LogP contribution in [0.1, 0.15) is 65.2 Å². The van der Waals surface area contributed by atoms with Crippen molar-refractivity contribution in [2.24, 2.45) is 15.7 Å². The highest BCUT2D eigenvalue weighted by atomic mass is 15.0. The number of aliphatic imine (C=N–C) groups is 2. The fraction of sp³-hybridized carbons (Fsp3) is 0.846. The molecule has 3 nitrogen and oxygen atoms in total. The minimum Gasteiger partial charge on any atom is -0.368 e. The van der Waals surface area contributed by atoms with Gasteiger partial charge < -0.3 is 5.73 Å². The van der Waals surface area contributed by atoms with E-state index in [1.807, 2.05) is 6.92 Å². The molecule has 0 aromatic carbocycles. The van der Waals surface area contributed by atoms with E-state index in [0.29, 0.717) is 5.96 Å². The number of nitrogens with two attached hydrogens (primary N) is 1. The van der Waals surface area contributed by atoms with Gasteiger partial charge >= 0.3 is 0 Å². The van der Waals surface area contributed by atoms with Gasteiger partial charge in [0.1, 0.15) is 0 Å². The highest BCUT2D eigenvalue weighted by Crippen LogP contribution is 2.08. The molecule has 16 heavy (non-hydrogen) atoms. The third-order valence-corrected chi connectivity index (χ3v) is 2.55. The minimum absolute atomic E-state index is 0.408. The molecule has 0 aliphatic heterocycles. The molecule has 0 aromatic heterocycles. The Morgan fingerprint density at radius 1 is 1.00 bits per heavy atom. The standard InChI is InChI=1S/C13H27N3/c1-3-5-6-7-8-9-10-11-12-16-13(14)15-4-2/h4H,3,5-12H2,1-2H3,(H2,14,16). The summed E-state index contributed by atoms with van der Waals surface area (Å²) < 4.78 is 0. The Morgan fingerprint density at radius 3 is 2.12 bits per heavy atom. The van der Waals surface area contributed by atoms with E-state index in [4.69, 9.17) is 5.73 Å². The summed E-state index contributed by atoms with van der Waals surface area (Å²) in [6, 6.07) is 0. The molecule has 0 heterocycles. The third kappa shape index (κ3) is 11.2. The van der Waals surface area contributed by atoms with E-state index in [-0.39, 0.29) is 0 Å². The maximum absolute atomic E-state index is 5.53. The van der Waals surface area contributed by atoms with E-state index < -0.39 is 0 Å². The summed E-state index contributed by atoms with van der Waals surface area (Å²) in [5, 5.41) is 0. The molecule has 0 aliphatic rings. The Hall–Kier alpha value is -0.860. The summed E-state index contributed by atoms with van der Waals surface area (Å²) in [7, 11) is 0. The average molecular weight is 225 g/mol. The van der Waals surface area contributed by atoms with Crippen LogP contribution >= 0.6 is 0 Å². The van der Waals surface area contributed by atoms with Crippen molar-refractivity contribution in [3.05, 3.63) is 0 Å². The lowest BCUT2D eigenvalue weighted by Crippen LogP contribution is -2.08. The molecule has 2 N–H and O–H groups in total. The number of rotatable bonds is 9. The Labute approximate surface area is 100 Å². The maximum atomic E-state index is 5.53. The second-order valence-corrected chi connectivity index (χ2v) is 4.10. The molecule has 0 saturated carbocycles. The van der Waals surface area contributed by atoms with Gasteiger partial charge in [0.25, 0.3) is 0 Å². The molecule has 0 aliphatic carbocycles. The average Bonchev–Trinajstić information content (AvgIpc) is 2.27. The van der Waals surface area contributed by atoms with E-state index in [1.54, 1.807) is 6.21 Å². The lowest BCUT2D eigenvalue weighted by atomic mass is 10.1. The summed E-state index contributed by atoms with van der Waals surface area (Å²) in [6.45, 7) is 4.91. The fourth-order valence-corrected chi connectivity index (χ4v) is 1.61. The largest absolute Gasteiger partial charge is 0.368 e. The lowest BCUT2D eigenvalue weighted by Gasteiger charge is -2.00. The first kappa shape index (κ1) is 15.1. The van der Waals surface area contributed by atoms with Gasteiger partial charge in [0.05, 0.1) is 0 Å². The second-order valence-electron chi connectivity index (χ2n) is 4.10. The van der Waals surface area contributed by atoms with Crippen molar-refractivity contribution in [3.63, 3.8) is 0 Å². The van der Waals surface area contributed by atoms with Gasteiger partial charge in [0.15, 0.2) is 0 Å². The maximum Gasteiger partial charge on any atom is 0.214 e. The van der Waals surface area contributed by atoms with E-state index in [9.17, 15) is 0 Å². The first-order valence-corrected chi connectivity index (χ1v) is 6.59. The summed E-state index contributed by atoms with van der Waals surface area (Å²) in [5.74, 6) is 0.408. The predicted octanol–water partition coefficient (Wildman–Crippen LogP) is 3.53. The molecular weight excluding hydrogens is 198 g/mol. The predicted molar refractivity (Wildman–Crippen MR) is 73.3 cm³/mol. The molecule has 0 spiro atoms. The monoisotopic (exact) mass is 225 g/mol. The Kier molecular flexibility index (Phi) is 11.6. The topological polar surface area (TPSA) is 50.7 Å². The van der Waals surface area contributed by atoms with Crippen LogP contribution < -0.4 is 5.73 Å². The minimum atomic E-state index is 0.408. The van der Waals surface area contributed by atoms with Crippen molar-refractivity contribution in [3.8, 4) is 0 Å². The van der Waals surface area contributed by atoms with Gasteiger partial charge in [0, 0.05) is 12.8 Å². The molecule has 0 radical (unpaired) electrons. The van der Waals surface area contributed by atoms with Crippen molar-refractivity contribution >= 4 is 12.2 Å². The number of nitrogens with zero attached hydrogens (tertiary/aromatic N) is 2. The van der Waals surface area contributed by atoms with Gasteiger partial charge in [0.2, 0.25) is 5.96 Å². The highest BCUT2D eigenvalue weighted by Gasteiger charge is 1.91. The van der Waals surface area contributed by atoms with Crippen LogP contribution in [-0.2, 0) is 0 Å². The van der Waals surface area contributed by atoms with E-state index >= 15 is 0 Å². The summed E-state index contributed by atoms with van der Waals surface area (Å²) in [4.78, 5) is 8.05. The number of guanidine groups is 1. The van der Waals surface area contributed by atoms with Crippen LogP contribution in [0.15, 0.2) is 9.98 Å². The molecule has 0 aromatic rings. The van der Waals surface area contributed by atoms with Crippen LogP contribution in [0.2, 0.25) is 0 Å². The first-order valence-electron chi connectivity index (χ1n) is 6.59. The fourth-order valence-electron chi connectivity index (χ4n) is 1.61. The second kappa shape index (κ2) is 12.2. The van der Waals surface area contributed by atoms with E-state index in [2.05, 4.69) is 16.9 Å². The van der Waals surface area contributed by atoms with Crippen molar-refractivity contribution in [2.45, 2.75) is 65.2 Å². The van der Waals surface area contributed by atoms with Crippen LogP contribution in [0.3, 0.4) is 0 Å². The zero-order chi connectivity index (χ0) is 12.1. The van der Waals surface area contributed by atoms with Gasteiger partial charge in [-0.25, -0.2) is 4.99 Å². The number of hydrogen-bond acceptors (Lipinski definition) is 1. The number of unbranched alkanes of at least 4 members (excludes halogenated alkanes) is 7. The van der Waals surface area contributed by atoms with Gasteiger partial charge in [-0.05, 0) is 13.3 Å². The third-order valence-electron chi connectivity index (χ3n) is 2.55. The summed E-state index contributed by atoms with van der Waals surface area (Å²) in [5.41, 5.74) is 5.53. The first-order chi connectivity index (χ1) is 7.81. The van der Waals surface area contributed by atoms with Crippen LogP contribution in [-0.4, -0.2) is 18.7 Å². The molecule has 0 rings (SSSR count). The normalized spacial score (nSPS) is 12.5. The van der Waals surface area contributed by atoms with Crippen LogP contribution in [0.25, 0.3) is 0 Å². The van der Waals surface area contributed by atoms with Crippen LogP contribution in [0.4, 0.5) is 0 Å². The van der Waals surface area contributed by atoms with Crippen molar-refractivity contribution < 1.29 is 0 Å². The Bertz CT molecular complexity index is 197. The molecular formula is C13H27N3. The molecule has 0 bridgehead atoms. The molecule has 0 unspecified atom stereocenters. The van der Waals surface area contributed by atoms with Crippen molar-refractivity contribution in [1.82, 2.24) is 0 Å². The molecule has 0 saturated heterocycles. The molecule has 94 valence electrons. The molecule has 3 heteroatoms.